The molecule has 0 saturated heterocycles. The number of thiophene rings is 1. The average molecular weight is 588 g/mol. The van der Waals surface area contributed by atoms with Gasteiger partial charge in [-0.3, -0.25) is 0 Å². The second-order valence-corrected chi connectivity index (χ2v) is 11.4. The van der Waals surface area contributed by atoms with E-state index in [-0.39, 0.29) is 69.6 Å². The summed E-state index contributed by atoms with van der Waals surface area (Å²) in [6.45, 7) is 0. The summed E-state index contributed by atoms with van der Waals surface area (Å²) in [5.74, 6) is 0.725. The maximum absolute atomic E-state index is 9.37. The van der Waals surface area contributed by atoms with Crippen LogP contribution < -0.4 is 0 Å². The van der Waals surface area contributed by atoms with Crippen LogP contribution in [0.25, 0.3) is 87.4 Å². The van der Waals surface area contributed by atoms with Crippen molar-refractivity contribution in [3.8, 4) is 45.3 Å². The number of furan rings is 1. The molecule has 3 aromatic heterocycles. The molecule has 0 atom stereocenters. The highest BCUT2D eigenvalue weighted by atomic mass is 32.1. The molecule has 44 heavy (non-hydrogen) atoms. The second-order valence-electron chi connectivity index (χ2n) is 10.4. The largest absolute Gasteiger partial charge is 0.456 e. The molecule has 0 saturated carbocycles. The van der Waals surface area contributed by atoms with Crippen molar-refractivity contribution < 1.29 is 12.6 Å². The molecule has 0 radical (unpaired) electrons. The molecule has 5 heteroatoms. The lowest BCUT2D eigenvalue weighted by atomic mass is 9.99. The van der Waals surface area contributed by atoms with Crippen molar-refractivity contribution >= 4 is 53.4 Å². The Hall–Kier alpha value is -5.65. The summed E-state index contributed by atoms with van der Waals surface area (Å²) in [5, 5.41) is 2.68. The maximum Gasteiger partial charge on any atom is 0.164 e. The number of aromatic nitrogens is 3. The van der Waals surface area contributed by atoms with E-state index in [1.807, 2.05) is 66.7 Å². The topological polar surface area (TPSA) is 51.8 Å². The van der Waals surface area contributed by atoms with Gasteiger partial charge in [-0.05, 0) is 41.4 Å². The molecule has 0 amide bonds. The van der Waals surface area contributed by atoms with Crippen LogP contribution in [0.4, 0.5) is 0 Å². The van der Waals surface area contributed by atoms with E-state index >= 15 is 0 Å². The van der Waals surface area contributed by atoms with Crippen molar-refractivity contribution in [2.45, 2.75) is 0 Å². The first-order valence-electron chi connectivity index (χ1n) is 17.0. The smallest absolute Gasteiger partial charge is 0.164 e. The Morgan fingerprint density at radius 3 is 2.02 bits per heavy atom. The highest BCUT2D eigenvalue weighted by Gasteiger charge is 2.17. The van der Waals surface area contributed by atoms with Crippen molar-refractivity contribution in [1.82, 2.24) is 15.0 Å². The molecule has 4 nitrogen and oxygen atoms in total. The predicted octanol–water partition coefficient (Wildman–Crippen LogP) is 10.8. The first-order chi connectivity index (χ1) is 24.3. The number of benzene rings is 6. The molecule has 0 aliphatic carbocycles. The van der Waals surface area contributed by atoms with Crippen molar-refractivity contribution in [2.24, 2.45) is 0 Å². The number of hydrogen-bond donors (Lipinski definition) is 0. The van der Waals surface area contributed by atoms with Gasteiger partial charge >= 0.3 is 0 Å². The predicted molar refractivity (Wildman–Crippen MR) is 182 cm³/mol. The quantitative estimate of drug-likeness (QED) is 0.205. The van der Waals surface area contributed by atoms with Gasteiger partial charge in [-0.25, -0.2) is 15.0 Å². The van der Waals surface area contributed by atoms with Gasteiger partial charge in [-0.1, -0.05) is 109 Å². The minimum Gasteiger partial charge on any atom is -0.456 e. The van der Waals surface area contributed by atoms with Gasteiger partial charge in [-0.2, -0.15) is 0 Å². The Morgan fingerprint density at radius 2 is 1.20 bits per heavy atom. The van der Waals surface area contributed by atoms with Gasteiger partial charge in [-0.15, -0.1) is 11.3 Å². The number of nitrogens with zero attached hydrogens (tertiary/aromatic N) is 3. The summed E-state index contributed by atoms with van der Waals surface area (Å²) >= 11 is 1.67. The monoisotopic (exact) mass is 587 g/mol. The molecule has 0 N–H and O–H groups in total. The lowest BCUT2D eigenvalue weighted by molar-refractivity contribution is 0.669. The van der Waals surface area contributed by atoms with Crippen molar-refractivity contribution in [3.63, 3.8) is 0 Å². The molecule has 3 heterocycles. The third kappa shape index (κ3) is 4.09. The van der Waals surface area contributed by atoms with E-state index < -0.39 is 0 Å². The molecule has 6 aromatic carbocycles. The van der Waals surface area contributed by atoms with Crippen LogP contribution in [0.5, 0.6) is 0 Å². The highest BCUT2D eigenvalue weighted by molar-refractivity contribution is 7.25. The standard InChI is InChI=1S/C39H23N3OS/c1-3-10-24(11-4-1)28-15-9-16-32-36(28)31-21-19-26(22-33(31)43-32)38-40-37(25-12-5-2-6-13-25)41-39(42-38)27-18-20-30-29-14-7-8-17-34(29)44-35(30)23-27/h1-23H/i9D,15D,16D,19D,21D,22D. The fraction of sp³-hybridized carbons (Fsp3) is 0. The van der Waals surface area contributed by atoms with Gasteiger partial charge in [0.2, 0.25) is 0 Å². The van der Waals surface area contributed by atoms with Crippen molar-refractivity contribution in [1.29, 1.82) is 0 Å². The van der Waals surface area contributed by atoms with E-state index in [4.69, 9.17) is 23.5 Å². The first-order valence-corrected chi connectivity index (χ1v) is 14.9. The lowest BCUT2D eigenvalue weighted by Crippen LogP contribution is -2.00. The first kappa shape index (κ1) is 19.5. The van der Waals surface area contributed by atoms with Crippen LogP contribution in [0.15, 0.2) is 144 Å². The molecule has 0 spiro atoms. The summed E-state index contributed by atoms with van der Waals surface area (Å²) < 4.78 is 62.2. The molecule has 9 rings (SSSR count). The molecular weight excluding hydrogens is 559 g/mol. The summed E-state index contributed by atoms with van der Waals surface area (Å²) in [6.07, 6.45) is 0. The number of rotatable bonds is 4. The fourth-order valence-electron chi connectivity index (χ4n) is 5.58. The van der Waals surface area contributed by atoms with Crippen LogP contribution >= 0.6 is 11.3 Å². The lowest BCUT2D eigenvalue weighted by Gasteiger charge is -2.09. The SMILES string of the molecule is [2H]c1c([2H])c(-c2ccccc2)c2c(oc3c([2H])c(-c4nc(-c5ccccc5)nc(-c5ccc6c(c5)sc5ccccc56)n4)c([2H])c([2H])c32)c1[2H]. The van der Waals surface area contributed by atoms with E-state index in [1.54, 1.807) is 35.6 Å². The van der Waals surface area contributed by atoms with Gasteiger partial charge in [0.1, 0.15) is 11.2 Å². The van der Waals surface area contributed by atoms with E-state index in [1.165, 1.54) is 10.1 Å². The molecule has 0 bridgehead atoms. The highest BCUT2D eigenvalue weighted by Crippen LogP contribution is 2.39. The van der Waals surface area contributed by atoms with E-state index in [0.29, 0.717) is 28.3 Å². The van der Waals surface area contributed by atoms with Gasteiger partial charge in [0.05, 0.1) is 8.22 Å². The van der Waals surface area contributed by atoms with Crippen LogP contribution in [0.3, 0.4) is 0 Å². The molecule has 0 unspecified atom stereocenters. The Kier molecular flexibility index (Phi) is 4.42. The van der Waals surface area contributed by atoms with Crippen LogP contribution in [-0.2, 0) is 0 Å². The van der Waals surface area contributed by atoms with Gasteiger partial charge in [0, 0.05) is 47.6 Å². The zero-order valence-corrected chi connectivity index (χ0v) is 23.8. The van der Waals surface area contributed by atoms with E-state index in [2.05, 4.69) is 12.1 Å². The molecule has 0 aliphatic heterocycles. The summed E-state index contributed by atoms with van der Waals surface area (Å²) in [5.41, 5.74) is 2.28. The summed E-state index contributed by atoms with van der Waals surface area (Å²) in [7, 11) is 0. The third-order valence-electron chi connectivity index (χ3n) is 7.66. The molecule has 0 fully saturated rings. The van der Waals surface area contributed by atoms with Crippen LogP contribution in [0.2, 0.25) is 0 Å². The van der Waals surface area contributed by atoms with Crippen LogP contribution in [-0.4, -0.2) is 15.0 Å². The average Bonchev–Trinajstić information content (AvgIpc) is 3.73. The Balaban J connectivity index is 1.32. The minimum absolute atomic E-state index is 0.0173. The molecule has 206 valence electrons. The zero-order valence-electron chi connectivity index (χ0n) is 29.0. The van der Waals surface area contributed by atoms with Gasteiger partial charge in [0.25, 0.3) is 0 Å². The van der Waals surface area contributed by atoms with Gasteiger partial charge < -0.3 is 4.42 Å². The molecular formula is C39H23N3OS. The maximum atomic E-state index is 9.37. The second kappa shape index (κ2) is 9.97. The normalized spacial score (nSPS) is 13.5. The summed E-state index contributed by atoms with van der Waals surface area (Å²) in [6, 6.07) is 31.0. The minimum atomic E-state index is -0.329. The zero-order chi connectivity index (χ0) is 34.3. The Bertz CT molecular complexity index is 2840. The molecule has 0 aliphatic rings. The fourth-order valence-corrected chi connectivity index (χ4v) is 6.72. The van der Waals surface area contributed by atoms with Crippen LogP contribution in [0, 0.1) is 0 Å². The van der Waals surface area contributed by atoms with E-state index in [9.17, 15) is 4.11 Å². The van der Waals surface area contributed by atoms with Gasteiger partial charge in [0.15, 0.2) is 17.5 Å². The van der Waals surface area contributed by atoms with Crippen molar-refractivity contribution in [3.05, 3.63) is 139 Å². The third-order valence-corrected chi connectivity index (χ3v) is 8.80. The Morgan fingerprint density at radius 1 is 0.523 bits per heavy atom. The van der Waals surface area contributed by atoms with Crippen molar-refractivity contribution in [2.75, 3.05) is 0 Å². The van der Waals surface area contributed by atoms with E-state index in [0.717, 1.165) is 15.6 Å². The van der Waals surface area contributed by atoms with Crippen LogP contribution in [0.1, 0.15) is 8.22 Å². The molecule has 9 aromatic rings. The number of hydrogen-bond acceptors (Lipinski definition) is 5. The number of fused-ring (bicyclic) bond motifs is 6. The summed E-state index contributed by atoms with van der Waals surface area (Å²) in [4.78, 5) is 14.4. The Labute approximate surface area is 265 Å².